The van der Waals surface area contributed by atoms with Gasteiger partial charge in [0.2, 0.25) is 0 Å². The van der Waals surface area contributed by atoms with Crippen LogP contribution in [0.5, 0.6) is 0 Å². The average Bonchev–Trinajstić information content (AvgIpc) is 2.48. The van der Waals surface area contributed by atoms with Crippen LogP contribution >= 0.6 is 0 Å². The van der Waals surface area contributed by atoms with Crippen LogP contribution in [0.2, 0.25) is 0 Å². The Kier molecular flexibility index (Phi) is 8.55. The second-order valence-electron chi connectivity index (χ2n) is 6.75. The van der Waals surface area contributed by atoms with Crippen LogP contribution in [0.25, 0.3) is 0 Å². The highest BCUT2D eigenvalue weighted by atomic mass is 32.2. The van der Waals surface area contributed by atoms with E-state index in [4.69, 9.17) is 13.7 Å². The fourth-order valence-electron chi connectivity index (χ4n) is 1.90. The lowest BCUT2D eigenvalue weighted by molar-refractivity contribution is -0.156. The molecule has 0 saturated heterocycles. The minimum Gasteiger partial charge on any atom is -0.460 e. The van der Waals surface area contributed by atoms with E-state index in [1.807, 2.05) is 27.7 Å². The van der Waals surface area contributed by atoms with Gasteiger partial charge in [-0.3, -0.25) is 8.98 Å². The van der Waals surface area contributed by atoms with Crippen molar-refractivity contribution in [2.45, 2.75) is 57.5 Å². The first-order valence-corrected chi connectivity index (χ1v) is 9.77. The van der Waals surface area contributed by atoms with Crippen LogP contribution in [0, 0.1) is 6.92 Å². The molecule has 0 aromatic heterocycles. The molecule has 0 N–H and O–H groups in total. The molecule has 0 amide bonds. The first-order valence-electron chi connectivity index (χ1n) is 8.36. The van der Waals surface area contributed by atoms with Crippen molar-refractivity contribution in [1.82, 2.24) is 0 Å². The summed E-state index contributed by atoms with van der Waals surface area (Å²) in [6.07, 6.45) is 1.41. The standard InChI is InChI=1S/C18H28O6S/c1-15-7-9-16(10-8-15)25(20,21)23-13-6-5-12-22-14-11-17(19)24-18(2,3)4/h7-10H,5-6,11-14H2,1-4H3. The zero-order chi connectivity index (χ0) is 18.9. The summed E-state index contributed by atoms with van der Waals surface area (Å²) in [7, 11) is -3.71. The average molecular weight is 372 g/mol. The maximum absolute atomic E-state index is 12.0. The van der Waals surface area contributed by atoms with Crippen molar-refractivity contribution in [3.05, 3.63) is 29.8 Å². The van der Waals surface area contributed by atoms with E-state index in [1.165, 1.54) is 12.1 Å². The summed E-state index contributed by atoms with van der Waals surface area (Å²) in [5.74, 6) is -0.292. The van der Waals surface area contributed by atoms with Gasteiger partial charge >= 0.3 is 5.97 Å². The van der Waals surface area contributed by atoms with Crippen LogP contribution in [0.4, 0.5) is 0 Å². The van der Waals surface area contributed by atoms with Gasteiger partial charge in [0.1, 0.15) is 5.60 Å². The second-order valence-corrected chi connectivity index (χ2v) is 8.36. The number of unbranched alkanes of at least 4 members (excludes halogenated alkanes) is 1. The van der Waals surface area contributed by atoms with E-state index < -0.39 is 15.7 Å². The highest BCUT2D eigenvalue weighted by Gasteiger charge is 2.16. The van der Waals surface area contributed by atoms with Crippen LogP contribution in [-0.2, 0) is 28.6 Å². The molecule has 0 unspecified atom stereocenters. The molecule has 7 heteroatoms. The topological polar surface area (TPSA) is 78.9 Å². The summed E-state index contributed by atoms with van der Waals surface area (Å²) < 4.78 is 39.4. The van der Waals surface area contributed by atoms with E-state index in [0.29, 0.717) is 19.4 Å². The van der Waals surface area contributed by atoms with Crippen molar-refractivity contribution in [3.8, 4) is 0 Å². The van der Waals surface area contributed by atoms with Crippen LogP contribution in [0.15, 0.2) is 29.2 Å². The van der Waals surface area contributed by atoms with Crippen molar-refractivity contribution in [1.29, 1.82) is 0 Å². The maximum Gasteiger partial charge on any atom is 0.308 e. The maximum atomic E-state index is 12.0. The van der Waals surface area contributed by atoms with Gasteiger partial charge in [-0.05, 0) is 52.7 Å². The number of esters is 1. The Labute approximate surface area is 150 Å². The van der Waals surface area contributed by atoms with Crippen LogP contribution < -0.4 is 0 Å². The minimum absolute atomic E-state index is 0.103. The summed E-state index contributed by atoms with van der Waals surface area (Å²) in [6, 6.07) is 6.53. The molecule has 6 nitrogen and oxygen atoms in total. The van der Waals surface area contributed by atoms with E-state index in [1.54, 1.807) is 12.1 Å². The molecule has 0 heterocycles. The predicted molar refractivity (Wildman–Crippen MR) is 94.8 cm³/mol. The molecular weight excluding hydrogens is 344 g/mol. The molecule has 0 bridgehead atoms. The highest BCUT2D eigenvalue weighted by Crippen LogP contribution is 2.13. The molecule has 0 fully saturated rings. The fraction of sp³-hybridized carbons (Fsp3) is 0.611. The molecule has 1 rings (SSSR count). The Morgan fingerprint density at radius 3 is 2.20 bits per heavy atom. The van der Waals surface area contributed by atoms with Gasteiger partial charge in [0.15, 0.2) is 0 Å². The van der Waals surface area contributed by atoms with E-state index in [-0.39, 0.29) is 30.5 Å². The smallest absolute Gasteiger partial charge is 0.308 e. The van der Waals surface area contributed by atoms with Crippen molar-refractivity contribution in [3.63, 3.8) is 0 Å². The predicted octanol–water partition coefficient (Wildman–Crippen LogP) is 3.23. The monoisotopic (exact) mass is 372 g/mol. The van der Waals surface area contributed by atoms with Crippen LogP contribution in [0.1, 0.15) is 45.6 Å². The number of hydrogen-bond acceptors (Lipinski definition) is 6. The quantitative estimate of drug-likeness (QED) is 0.356. The second kappa shape index (κ2) is 9.89. The van der Waals surface area contributed by atoms with Gasteiger partial charge in [0.25, 0.3) is 10.1 Å². The summed E-state index contributed by atoms with van der Waals surface area (Å²) in [4.78, 5) is 11.6. The summed E-state index contributed by atoms with van der Waals surface area (Å²) in [5, 5.41) is 0. The van der Waals surface area contributed by atoms with E-state index in [2.05, 4.69) is 0 Å². The number of aryl methyl sites for hydroxylation is 1. The van der Waals surface area contributed by atoms with Gasteiger partial charge in [0, 0.05) is 6.61 Å². The number of hydrogen-bond donors (Lipinski definition) is 0. The molecule has 142 valence electrons. The molecule has 25 heavy (non-hydrogen) atoms. The first kappa shape index (κ1) is 21.6. The minimum atomic E-state index is -3.71. The number of benzene rings is 1. The zero-order valence-electron chi connectivity index (χ0n) is 15.4. The van der Waals surface area contributed by atoms with E-state index in [0.717, 1.165) is 5.56 Å². The number of rotatable bonds is 10. The molecule has 1 aromatic carbocycles. The number of carbonyl (C=O) groups is 1. The summed E-state index contributed by atoms with van der Waals surface area (Å²) >= 11 is 0. The molecule has 1 aromatic rings. The largest absolute Gasteiger partial charge is 0.460 e. The number of carbonyl (C=O) groups excluding carboxylic acids is 1. The Morgan fingerprint density at radius 2 is 1.60 bits per heavy atom. The molecule has 0 aliphatic carbocycles. The SMILES string of the molecule is Cc1ccc(S(=O)(=O)OCCCCOCCC(=O)OC(C)(C)C)cc1. The van der Waals surface area contributed by atoms with Crippen molar-refractivity contribution in [2.75, 3.05) is 19.8 Å². The highest BCUT2D eigenvalue weighted by molar-refractivity contribution is 7.86. The normalized spacial score (nSPS) is 12.2. The Hall–Kier alpha value is -1.44. The molecule has 0 atom stereocenters. The lowest BCUT2D eigenvalue weighted by atomic mass is 10.2. The first-order chi connectivity index (χ1) is 11.6. The molecule has 0 spiro atoms. The Bertz CT molecular complexity index is 629. The van der Waals surface area contributed by atoms with Gasteiger partial charge in [-0.15, -0.1) is 0 Å². The van der Waals surface area contributed by atoms with Gasteiger partial charge in [-0.2, -0.15) is 8.42 Å². The number of ether oxygens (including phenoxy) is 2. The van der Waals surface area contributed by atoms with Crippen molar-refractivity contribution in [2.24, 2.45) is 0 Å². The lowest BCUT2D eigenvalue weighted by Crippen LogP contribution is -2.24. The summed E-state index contributed by atoms with van der Waals surface area (Å²) in [5.41, 5.74) is 0.500. The van der Waals surface area contributed by atoms with Crippen molar-refractivity contribution >= 4 is 16.1 Å². The van der Waals surface area contributed by atoms with Crippen LogP contribution in [0.3, 0.4) is 0 Å². The Morgan fingerprint density at radius 1 is 1.00 bits per heavy atom. The molecule has 0 aliphatic rings. The Balaban J connectivity index is 2.12. The van der Waals surface area contributed by atoms with E-state index >= 15 is 0 Å². The molecular formula is C18H28O6S. The third-order valence-electron chi connectivity index (χ3n) is 3.10. The molecule has 0 radical (unpaired) electrons. The van der Waals surface area contributed by atoms with Gasteiger partial charge in [0.05, 0.1) is 24.5 Å². The zero-order valence-corrected chi connectivity index (χ0v) is 16.2. The third-order valence-corrected chi connectivity index (χ3v) is 4.43. The van der Waals surface area contributed by atoms with Crippen molar-refractivity contribution < 1.29 is 26.9 Å². The van der Waals surface area contributed by atoms with Gasteiger partial charge < -0.3 is 9.47 Å². The lowest BCUT2D eigenvalue weighted by Gasteiger charge is -2.19. The third kappa shape index (κ3) is 9.57. The molecule has 0 aliphatic heterocycles. The van der Waals surface area contributed by atoms with E-state index in [9.17, 15) is 13.2 Å². The molecule has 0 saturated carbocycles. The van der Waals surface area contributed by atoms with Gasteiger partial charge in [-0.25, -0.2) is 0 Å². The fourth-order valence-corrected chi connectivity index (χ4v) is 2.84. The van der Waals surface area contributed by atoms with Gasteiger partial charge in [-0.1, -0.05) is 17.7 Å². The van der Waals surface area contributed by atoms with Crippen LogP contribution in [-0.4, -0.2) is 39.8 Å². The summed E-state index contributed by atoms with van der Waals surface area (Å²) in [6.45, 7) is 8.17.